The van der Waals surface area contributed by atoms with E-state index in [4.69, 9.17) is 4.74 Å². The Morgan fingerprint density at radius 3 is 2.92 bits per heavy atom. The number of hydrogen-bond donors (Lipinski definition) is 1. The van der Waals surface area contributed by atoms with E-state index in [-0.39, 0.29) is 12.1 Å². The second kappa shape index (κ2) is 7.01. The number of fused-ring (bicyclic) bond motifs is 1. The molecule has 2 amide bonds. The van der Waals surface area contributed by atoms with Crippen LogP contribution in [0.4, 0.5) is 10.6 Å². The van der Waals surface area contributed by atoms with E-state index in [1.165, 1.54) is 0 Å². The summed E-state index contributed by atoms with van der Waals surface area (Å²) in [6.07, 6.45) is 2.12. The molecule has 1 aromatic heterocycles. The van der Waals surface area contributed by atoms with Crippen LogP contribution in [0.3, 0.4) is 0 Å². The Morgan fingerprint density at radius 2 is 2.08 bits per heavy atom. The Hall–Kier alpha value is -2.12. The van der Waals surface area contributed by atoms with Gasteiger partial charge >= 0.3 is 6.03 Å². The normalized spacial score (nSPS) is 21.8. The lowest BCUT2D eigenvalue weighted by molar-refractivity contribution is 0.0296. The van der Waals surface area contributed by atoms with Gasteiger partial charge in [-0.3, -0.25) is 14.9 Å². The van der Waals surface area contributed by atoms with Gasteiger partial charge in [-0.05, 0) is 25.0 Å². The summed E-state index contributed by atoms with van der Waals surface area (Å²) in [7, 11) is 1.90. The van der Waals surface area contributed by atoms with Gasteiger partial charge in [0.05, 0.1) is 18.7 Å². The van der Waals surface area contributed by atoms with Gasteiger partial charge in [-0.2, -0.15) is 5.10 Å². The number of nitrogens with one attached hydrogen (secondary N) is 1. The number of carbonyl (C=O) groups is 1. The van der Waals surface area contributed by atoms with Crippen molar-refractivity contribution in [3.63, 3.8) is 0 Å². The van der Waals surface area contributed by atoms with Crippen LogP contribution in [0.5, 0.6) is 0 Å². The highest BCUT2D eigenvalue weighted by molar-refractivity contribution is 5.99. The zero-order valence-electron chi connectivity index (χ0n) is 14.6. The van der Waals surface area contributed by atoms with E-state index in [1.54, 1.807) is 4.68 Å². The van der Waals surface area contributed by atoms with Gasteiger partial charge in [-0.15, -0.1) is 0 Å². The van der Waals surface area contributed by atoms with E-state index in [0.717, 1.165) is 63.1 Å². The van der Waals surface area contributed by atoms with E-state index < -0.39 is 0 Å². The lowest BCUT2D eigenvalue weighted by Crippen LogP contribution is -2.47. The Kier molecular flexibility index (Phi) is 4.59. The zero-order valence-corrected chi connectivity index (χ0v) is 14.6. The standard InChI is InChI=1S/C18H25N5O2/c1-21-16-7-3-2-6-15(16)17(20-21)19-18(24)23-8-4-5-14(23)13-22-9-11-25-12-10-22/h2-3,6-7,14H,4-5,8-13H2,1H3,(H,19,20,24)/t14-/m0/s1. The van der Waals surface area contributed by atoms with Crippen molar-refractivity contribution in [1.29, 1.82) is 0 Å². The predicted octanol–water partition coefficient (Wildman–Crippen LogP) is 1.90. The van der Waals surface area contributed by atoms with Gasteiger partial charge < -0.3 is 9.64 Å². The molecule has 2 saturated heterocycles. The minimum absolute atomic E-state index is 0.0420. The first-order valence-electron chi connectivity index (χ1n) is 9.02. The molecule has 2 aliphatic heterocycles. The molecule has 0 radical (unpaired) electrons. The summed E-state index contributed by atoms with van der Waals surface area (Å²) in [5, 5.41) is 8.47. The summed E-state index contributed by atoms with van der Waals surface area (Å²) >= 11 is 0. The summed E-state index contributed by atoms with van der Waals surface area (Å²) in [6, 6.07) is 8.18. The average Bonchev–Trinajstić information content (AvgIpc) is 3.21. The maximum Gasteiger partial charge on any atom is 0.323 e. The minimum atomic E-state index is -0.0420. The van der Waals surface area contributed by atoms with Crippen LogP contribution in [-0.4, -0.2) is 71.0 Å². The van der Waals surface area contributed by atoms with Crippen LogP contribution < -0.4 is 5.32 Å². The molecule has 3 heterocycles. The van der Waals surface area contributed by atoms with Gasteiger partial charge in [0.2, 0.25) is 0 Å². The van der Waals surface area contributed by atoms with Gasteiger partial charge in [0, 0.05) is 44.7 Å². The molecule has 0 saturated carbocycles. The third kappa shape index (κ3) is 3.34. The number of ether oxygens (including phenoxy) is 1. The number of para-hydroxylation sites is 1. The molecular weight excluding hydrogens is 318 g/mol. The summed E-state index contributed by atoms with van der Waals surface area (Å²) in [6.45, 7) is 5.23. The van der Waals surface area contributed by atoms with E-state index in [0.29, 0.717) is 5.82 Å². The smallest absolute Gasteiger partial charge is 0.323 e. The zero-order chi connectivity index (χ0) is 17.2. The fraction of sp³-hybridized carbons (Fsp3) is 0.556. The van der Waals surface area contributed by atoms with E-state index in [9.17, 15) is 4.79 Å². The van der Waals surface area contributed by atoms with Crippen LogP contribution >= 0.6 is 0 Å². The van der Waals surface area contributed by atoms with Crippen molar-refractivity contribution in [3.05, 3.63) is 24.3 Å². The van der Waals surface area contributed by atoms with Crippen molar-refractivity contribution >= 4 is 22.8 Å². The topological polar surface area (TPSA) is 62.6 Å². The quantitative estimate of drug-likeness (QED) is 0.925. The Labute approximate surface area is 147 Å². The van der Waals surface area contributed by atoms with Crippen LogP contribution in [-0.2, 0) is 11.8 Å². The summed E-state index contributed by atoms with van der Waals surface area (Å²) in [5.41, 5.74) is 1.02. The predicted molar refractivity (Wildman–Crippen MR) is 96.7 cm³/mol. The molecule has 1 atom stereocenters. The van der Waals surface area contributed by atoms with Crippen molar-refractivity contribution in [2.75, 3.05) is 44.7 Å². The van der Waals surface area contributed by atoms with Gasteiger partial charge in [0.15, 0.2) is 5.82 Å². The summed E-state index contributed by atoms with van der Waals surface area (Å²) < 4.78 is 7.22. The Balaban J connectivity index is 1.45. The second-order valence-electron chi connectivity index (χ2n) is 6.82. The molecule has 2 aromatic rings. The molecule has 134 valence electrons. The fourth-order valence-electron chi connectivity index (χ4n) is 3.85. The molecule has 0 aliphatic carbocycles. The Morgan fingerprint density at radius 1 is 1.28 bits per heavy atom. The highest BCUT2D eigenvalue weighted by Crippen LogP contribution is 2.24. The van der Waals surface area contributed by atoms with E-state index in [1.807, 2.05) is 36.2 Å². The molecule has 2 aliphatic rings. The van der Waals surface area contributed by atoms with Crippen molar-refractivity contribution in [3.8, 4) is 0 Å². The number of morpholine rings is 1. The number of aromatic nitrogens is 2. The van der Waals surface area contributed by atoms with Crippen LogP contribution in [0.25, 0.3) is 10.9 Å². The lowest BCUT2D eigenvalue weighted by Gasteiger charge is -2.32. The summed E-state index contributed by atoms with van der Waals surface area (Å²) in [5.74, 6) is 0.639. The van der Waals surface area contributed by atoms with Crippen LogP contribution in [0.15, 0.2) is 24.3 Å². The van der Waals surface area contributed by atoms with Crippen LogP contribution in [0.2, 0.25) is 0 Å². The molecule has 0 bridgehead atoms. The van der Waals surface area contributed by atoms with Gasteiger partial charge in [-0.25, -0.2) is 4.79 Å². The van der Waals surface area contributed by atoms with E-state index >= 15 is 0 Å². The molecule has 0 spiro atoms. The highest BCUT2D eigenvalue weighted by atomic mass is 16.5. The van der Waals surface area contributed by atoms with Crippen molar-refractivity contribution in [1.82, 2.24) is 19.6 Å². The molecule has 4 rings (SSSR count). The molecule has 1 aromatic carbocycles. The molecule has 25 heavy (non-hydrogen) atoms. The first-order valence-corrected chi connectivity index (χ1v) is 9.02. The SMILES string of the molecule is Cn1nc(NC(=O)N2CCC[C@H]2CN2CCOCC2)c2ccccc21. The third-order valence-electron chi connectivity index (χ3n) is 5.19. The molecule has 2 fully saturated rings. The number of carbonyl (C=O) groups excluding carboxylic acids is 1. The monoisotopic (exact) mass is 343 g/mol. The van der Waals surface area contributed by atoms with Crippen molar-refractivity contribution < 1.29 is 9.53 Å². The van der Waals surface area contributed by atoms with Crippen molar-refractivity contribution in [2.45, 2.75) is 18.9 Å². The third-order valence-corrected chi connectivity index (χ3v) is 5.19. The average molecular weight is 343 g/mol. The number of rotatable bonds is 3. The first kappa shape index (κ1) is 16.4. The largest absolute Gasteiger partial charge is 0.379 e. The molecular formula is C18H25N5O2. The fourth-order valence-corrected chi connectivity index (χ4v) is 3.85. The van der Waals surface area contributed by atoms with Gasteiger partial charge in [0.25, 0.3) is 0 Å². The van der Waals surface area contributed by atoms with Gasteiger partial charge in [-0.1, -0.05) is 12.1 Å². The number of amides is 2. The minimum Gasteiger partial charge on any atom is -0.379 e. The number of nitrogens with zero attached hydrogens (tertiary/aromatic N) is 4. The highest BCUT2D eigenvalue weighted by Gasteiger charge is 2.31. The maximum atomic E-state index is 12.8. The Bertz CT molecular complexity index is 753. The number of urea groups is 1. The summed E-state index contributed by atoms with van der Waals surface area (Å²) in [4.78, 5) is 17.2. The molecule has 7 nitrogen and oxygen atoms in total. The molecule has 0 unspecified atom stereocenters. The van der Waals surface area contributed by atoms with E-state index in [2.05, 4.69) is 15.3 Å². The maximum absolute atomic E-state index is 12.8. The lowest BCUT2D eigenvalue weighted by atomic mass is 10.2. The second-order valence-corrected chi connectivity index (χ2v) is 6.82. The number of likely N-dealkylation sites (tertiary alicyclic amines) is 1. The number of hydrogen-bond acceptors (Lipinski definition) is 4. The number of benzene rings is 1. The van der Waals surface area contributed by atoms with Crippen molar-refractivity contribution in [2.24, 2.45) is 7.05 Å². The number of aryl methyl sites for hydroxylation is 1. The first-order chi connectivity index (χ1) is 12.2. The number of anilines is 1. The van der Waals surface area contributed by atoms with Crippen LogP contribution in [0.1, 0.15) is 12.8 Å². The van der Waals surface area contributed by atoms with Gasteiger partial charge in [0.1, 0.15) is 0 Å². The van der Waals surface area contributed by atoms with Crippen LogP contribution in [0, 0.1) is 0 Å². The molecule has 7 heteroatoms. The molecule has 1 N–H and O–H groups in total.